The number of rotatable bonds is 5. The fourth-order valence-corrected chi connectivity index (χ4v) is 4.67. The Morgan fingerprint density at radius 2 is 1.76 bits per heavy atom. The summed E-state index contributed by atoms with van der Waals surface area (Å²) < 4.78 is 27.6. The molecule has 1 amide bonds. The number of amides is 1. The van der Waals surface area contributed by atoms with Gasteiger partial charge in [-0.2, -0.15) is 4.31 Å². The minimum atomic E-state index is -3.56. The summed E-state index contributed by atoms with van der Waals surface area (Å²) in [5.41, 5.74) is 6.99. The van der Waals surface area contributed by atoms with Crippen LogP contribution in [0.5, 0.6) is 0 Å². The second-order valence-electron chi connectivity index (χ2n) is 7.06. The molecule has 0 radical (unpaired) electrons. The van der Waals surface area contributed by atoms with Crippen molar-refractivity contribution in [3.63, 3.8) is 0 Å². The molecule has 1 aliphatic rings. The van der Waals surface area contributed by atoms with Crippen molar-refractivity contribution in [1.29, 1.82) is 0 Å². The van der Waals surface area contributed by atoms with Crippen LogP contribution < -0.4 is 11.1 Å². The van der Waals surface area contributed by atoms with Crippen LogP contribution >= 0.6 is 0 Å². The van der Waals surface area contributed by atoms with Gasteiger partial charge in [0, 0.05) is 18.8 Å². The topological polar surface area (TPSA) is 92.5 Å². The minimum Gasteiger partial charge on any atom is -0.325 e. The number of carbonyl (C=O) groups is 1. The Balaban J connectivity index is 2.27. The third kappa shape index (κ3) is 4.80. The van der Waals surface area contributed by atoms with Gasteiger partial charge in [-0.25, -0.2) is 8.42 Å². The van der Waals surface area contributed by atoms with Gasteiger partial charge >= 0.3 is 0 Å². The number of hydrogen-bond acceptors (Lipinski definition) is 4. The molecule has 1 saturated heterocycles. The Bertz CT molecular complexity index is 708. The molecule has 7 heteroatoms. The summed E-state index contributed by atoms with van der Waals surface area (Å²) >= 11 is 0. The zero-order chi connectivity index (χ0) is 18.6. The van der Waals surface area contributed by atoms with Crippen LogP contribution in [-0.2, 0) is 14.8 Å². The lowest BCUT2D eigenvalue weighted by Crippen LogP contribution is -2.39. The largest absolute Gasteiger partial charge is 0.325 e. The standard InChI is InChI=1S/C18H29N3O3S/c1-13(2)17(19)18(22)20-15-9-8-14(3)16(12-15)25(23,24)21-10-6-4-5-7-11-21/h8-9,12-13,17H,4-7,10-11,19H2,1-3H3,(H,20,22)/t17-/m0/s1. The maximum absolute atomic E-state index is 13.0. The Morgan fingerprint density at radius 3 is 2.32 bits per heavy atom. The highest BCUT2D eigenvalue weighted by molar-refractivity contribution is 7.89. The molecule has 0 saturated carbocycles. The van der Waals surface area contributed by atoms with Gasteiger partial charge in [-0.05, 0) is 43.4 Å². The molecular formula is C18H29N3O3S. The monoisotopic (exact) mass is 367 g/mol. The van der Waals surface area contributed by atoms with Crippen molar-refractivity contribution in [2.24, 2.45) is 11.7 Å². The number of anilines is 1. The van der Waals surface area contributed by atoms with Crippen molar-refractivity contribution in [2.75, 3.05) is 18.4 Å². The molecule has 0 spiro atoms. The van der Waals surface area contributed by atoms with E-state index in [2.05, 4.69) is 5.32 Å². The highest BCUT2D eigenvalue weighted by atomic mass is 32.2. The van der Waals surface area contributed by atoms with Gasteiger partial charge in [0.1, 0.15) is 0 Å². The number of sulfonamides is 1. The lowest BCUT2D eigenvalue weighted by Gasteiger charge is -2.22. The average Bonchev–Trinajstić information content (AvgIpc) is 2.85. The molecule has 140 valence electrons. The summed E-state index contributed by atoms with van der Waals surface area (Å²) in [6.45, 7) is 6.62. The second kappa shape index (κ2) is 8.29. The molecule has 6 nitrogen and oxygen atoms in total. The quantitative estimate of drug-likeness (QED) is 0.836. The lowest BCUT2D eigenvalue weighted by molar-refractivity contribution is -0.118. The van der Waals surface area contributed by atoms with Gasteiger partial charge in [-0.1, -0.05) is 32.8 Å². The molecule has 0 aromatic heterocycles. The summed E-state index contributed by atoms with van der Waals surface area (Å²) in [5.74, 6) is -0.303. The highest BCUT2D eigenvalue weighted by Crippen LogP contribution is 2.26. The number of hydrogen-bond donors (Lipinski definition) is 2. The molecule has 1 fully saturated rings. The highest BCUT2D eigenvalue weighted by Gasteiger charge is 2.27. The third-order valence-electron chi connectivity index (χ3n) is 4.66. The van der Waals surface area contributed by atoms with Crippen molar-refractivity contribution >= 4 is 21.6 Å². The van der Waals surface area contributed by atoms with Crippen molar-refractivity contribution in [3.8, 4) is 0 Å². The Hall–Kier alpha value is -1.44. The van der Waals surface area contributed by atoms with Crippen molar-refractivity contribution in [1.82, 2.24) is 4.31 Å². The van der Waals surface area contributed by atoms with Crippen LogP contribution in [0.4, 0.5) is 5.69 Å². The summed E-state index contributed by atoms with van der Waals surface area (Å²) in [6, 6.07) is 4.34. The van der Waals surface area contributed by atoms with Crippen LogP contribution in [0.1, 0.15) is 45.1 Å². The maximum atomic E-state index is 13.0. The van der Waals surface area contributed by atoms with E-state index in [1.807, 2.05) is 13.8 Å². The van der Waals surface area contributed by atoms with Gasteiger partial charge in [-0.3, -0.25) is 4.79 Å². The predicted molar refractivity (Wildman–Crippen MR) is 99.8 cm³/mol. The molecular weight excluding hydrogens is 338 g/mol. The first-order valence-electron chi connectivity index (χ1n) is 8.90. The molecule has 1 aromatic rings. The molecule has 1 atom stereocenters. The van der Waals surface area contributed by atoms with Gasteiger partial charge in [-0.15, -0.1) is 0 Å². The van der Waals surface area contributed by atoms with Crippen LogP contribution in [0.3, 0.4) is 0 Å². The summed E-state index contributed by atoms with van der Waals surface area (Å²) in [7, 11) is -3.56. The Kier molecular flexibility index (Phi) is 6.59. The lowest BCUT2D eigenvalue weighted by atomic mass is 10.0. The molecule has 1 aliphatic heterocycles. The first-order chi connectivity index (χ1) is 11.7. The van der Waals surface area contributed by atoms with Crippen LogP contribution in [-0.4, -0.2) is 37.8 Å². The first kappa shape index (κ1) is 19.9. The molecule has 2 rings (SSSR count). The number of nitrogens with two attached hydrogens (primary N) is 1. The van der Waals surface area contributed by atoms with E-state index in [1.54, 1.807) is 29.4 Å². The van der Waals surface area contributed by atoms with E-state index in [0.717, 1.165) is 25.7 Å². The number of aryl methyl sites for hydroxylation is 1. The summed E-state index contributed by atoms with van der Waals surface area (Å²) in [4.78, 5) is 12.4. The average molecular weight is 368 g/mol. The van der Waals surface area contributed by atoms with Gasteiger partial charge in [0.15, 0.2) is 0 Å². The molecule has 0 aliphatic carbocycles. The van der Waals surface area contributed by atoms with E-state index in [0.29, 0.717) is 24.3 Å². The first-order valence-corrected chi connectivity index (χ1v) is 10.3. The smallest absolute Gasteiger partial charge is 0.243 e. The van der Waals surface area contributed by atoms with E-state index in [-0.39, 0.29) is 16.7 Å². The van der Waals surface area contributed by atoms with Gasteiger partial charge < -0.3 is 11.1 Å². The summed E-state index contributed by atoms with van der Waals surface area (Å²) in [5, 5.41) is 2.73. The third-order valence-corrected chi connectivity index (χ3v) is 6.70. The Morgan fingerprint density at radius 1 is 1.16 bits per heavy atom. The SMILES string of the molecule is Cc1ccc(NC(=O)[C@@H](N)C(C)C)cc1S(=O)(=O)N1CCCCCC1. The van der Waals surface area contributed by atoms with Crippen LogP contribution in [0, 0.1) is 12.8 Å². The summed E-state index contributed by atoms with van der Waals surface area (Å²) in [6.07, 6.45) is 3.90. The minimum absolute atomic E-state index is 0.00533. The van der Waals surface area contributed by atoms with Crippen molar-refractivity contribution in [2.45, 2.75) is 57.4 Å². The normalized spacial score (nSPS) is 18.0. The van der Waals surface area contributed by atoms with E-state index in [4.69, 9.17) is 5.73 Å². The van der Waals surface area contributed by atoms with E-state index in [1.165, 1.54) is 0 Å². The van der Waals surface area contributed by atoms with Gasteiger partial charge in [0.25, 0.3) is 0 Å². The van der Waals surface area contributed by atoms with Gasteiger partial charge in [0.2, 0.25) is 15.9 Å². The van der Waals surface area contributed by atoms with Crippen molar-refractivity contribution < 1.29 is 13.2 Å². The number of nitrogens with zero attached hydrogens (tertiary/aromatic N) is 1. The molecule has 0 unspecified atom stereocenters. The van der Waals surface area contributed by atoms with E-state index < -0.39 is 16.1 Å². The predicted octanol–water partition coefficient (Wildman–Crippen LogP) is 2.48. The zero-order valence-electron chi connectivity index (χ0n) is 15.3. The Labute approximate surface area is 150 Å². The maximum Gasteiger partial charge on any atom is 0.243 e. The fraction of sp³-hybridized carbons (Fsp3) is 0.611. The van der Waals surface area contributed by atoms with Crippen molar-refractivity contribution in [3.05, 3.63) is 23.8 Å². The fourth-order valence-electron chi connectivity index (χ4n) is 2.91. The number of nitrogens with one attached hydrogen (secondary N) is 1. The second-order valence-corrected chi connectivity index (χ2v) is 8.96. The van der Waals surface area contributed by atoms with E-state index in [9.17, 15) is 13.2 Å². The molecule has 1 aromatic carbocycles. The van der Waals surface area contributed by atoms with Crippen LogP contribution in [0.2, 0.25) is 0 Å². The van der Waals surface area contributed by atoms with Crippen LogP contribution in [0.25, 0.3) is 0 Å². The molecule has 0 bridgehead atoms. The van der Waals surface area contributed by atoms with Gasteiger partial charge in [0.05, 0.1) is 10.9 Å². The number of carbonyl (C=O) groups excluding carboxylic acids is 1. The molecule has 3 N–H and O–H groups in total. The number of benzene rings is 1. The molecule has 1 heterocycles. The van der Waals surface area contributed by atoms with E-state index >= 15 is 0 Å². The zero-order valence-corrected chi connectivity index (χ0v) is 16.1. The van der Waals surface area contributed by atoms with Crippen LogP contribution in [0.15, 0.2) is 23.1 Å². The molecule has 25 heavy (non-hydrogen) atoms.